The highest BCUT2D eigenvalue weighted by atomic mass is 32.2. The summed E-state index contributed by atoms with van der Waals surface area (Å²) >= 11 is 0. The van der Waals surface area contributed by atoms with E-state index in [2.05, 4.69) is 24.1 Å². The Morgan fingerprint density at radius 3 is 2.57 bits per heavy atom. The second-order valence-electron chi connectivity index (χ2n) is 6.77. The maximum absolute atomic E-state index is 12.0. The first-order valence-corrected chi connectivity index (χ1v) is 8.80. The Labute approximate surface area is 127 Å². The van der Waals surface area contributed by atoms with Crippen molar-refractivity contribution in [2.24, 2.45) is 5.41 Å². The number of nitrogens with one attached hydrogen (secondary N) is 1. The summed E-state index contributed by atoms with van der Waals surface area (Å²) < 4.78 is 25.2. The Hall–Kier alpha value is -1.14. The number of anilines is 1. The molecule has 6 heteroatoms. The second-order valence-corrected chi connectivity index (χ2v) is 8.92. The van der Waals surface area contributed by atoms with Crippen LogP contribution in [0.25, 0.3) is 0 Å². The van der Waals surface area contributed by atoms with Crippen molar-refractivity contribution in [1.82, 2.24) is 9.29 Å². The average Bonchev–Trinajstić information content (AvgIpc) is 2.38. The molecule has 1 aliphatic rings. The molecule has 0 radical (unpaired) electrons. The Morgan fingerprint density at radius 1 is 1.33 bits per heavy atom. The number of nitrogens with zero attached hydrogens (tertiary/aromatic N) is 2. The number of hydrogen-bond donors (Lipinski definition) is 1. The van der Waals surface area contributed by atoms with E-state index in [0.29, 0.717) is 11.5 Å². The lowest BCUT2D eigenvalue weighted by Gasteiger charge is -2.35. The van der Waals surface area contributed by atoms with Crippen molar-refractivity contribution >= 4 is 15.8 Å². The molecule has 0 aromatic carbocycles. The number of pyridine rings is 1. The molecular weight excluding hydrogens is 286 g/mol. The van der Waals surface area contributed by atoms with Gasteiger partial charge in [-0.1, -0.05) is 20.3 Å². The Bertz CT molecular complexity index is 579. The van der Waals surface area contributed by atoms with Crippen molar-refractivity contribution in [2.45, 2.75) is 50.5 Å². The standard InChI is InChI=1S/C15H25N3O2S/c1-15(2)9-5-6-12(10-15)17-14-8-7-13(11-16-14)21(19,20)18(3)4/h7-8,11-12H,5-6,9-10H2,1-4H3,(H,16,17). The van der Waals surface area contributed by atoms with Gasteiger partial charge in [-0.3, -0.25) is 0 Å². The maximum Gasteiger partial charge on any atom is 0.244 e. The minimum atomic E-state index is -3.40. The van der Waals surface area contributed by atoms with E-state index in [0.717, 1.165) is 18.7 Å². The van der Waals surface area contributed by atoms with Gasteiger partial charge >= 0.3 is 0 Å². The Morgan fingerprint density at radius 2 is 2.05 bits per heavy atom. The lowest BCUT2D eigenvalue weighted by atomic mass is 9.75. The Balaban J connectivity index is 2.06. The first-order valence-electron chi connectivity index (χ1n) is 7.36. The molecule has 2 rings (SSSR count). The van der Waals surface area contributed by atoms with E-state index < -0.39 is 10.0 Å². The van der Waals surface area contributed by atoms with E-state index in [1.807, 2.05) is 0 Å². The van der Waals surface area contributed by atoms with Crippen LogP contribution in [-0.4, -0.2) is 37.8 Å². The van der Waals surface area contributed by atoms with Gasteiger partial charge in [0.25, 0.3) is 0 Å². The highest BCUT2D eigenvalue weighted by Gasteiger charge is 2.28. The van der Waals surface area contributed by atoms with Crippen molar-refractivity contribution in [3.63, 3.8) is 0 Å². The van der Waals surface area contributed by atoms with Crippen LogP contribution in [-0.2, 0) is 10.0 Å². The van der Waals surface area contributed by atoms with Gasteiger partial charge in [0, 0.05) is 26.3 Å². The van der Waals surface area contributed by atoms with Gasteiger partial charge in [-0.2, -0.15) is 0 Å². The van der Waals surface area contributed by atoms with Crippen LogP contribution in [0.5, 0.6) is 0 Å². The molecule has 5 nitrogen and oxygen atoms in total. The lowest BCUT2D eigenvalue weighted by molar-refractivity contribution is 0.229. The summed E-state index contributed by atoms with van der Waals surface area (Å²) in [6, 6.07) is 3.77. The van der Waals surface area contributed by atoms with E-state index in [1.54, 1.807) is 12.1 Å². The van der Waals surface area contributed by atoms with E-state index in [9.17, 15) is 8.42 Å². The lowest BCUT2D eigenvalue weighted by Crippen LogP contribution is -2.32. The number of sulfonamides is 1. The summed E-state index contributed by atoms with van der Waals surface area (Å²) in [4.78, 5) is 4.48. The van der Waals surface area contributed by atoms with Gasteiger partial charge in [0.05, 0.1) is 0 Å². The molecule has 21 heavy (non-hydrogen) atoms. The van der Waals surface area contributed by atoms with Gasteiger partial charge in [-0.05, 0) is 36.8 Å². The number of aromatic nitrogens is 1. The summed E-state index contributed by atoms with van der Waals surface area (Å²) in [5.74, 6) is 0.746. The fourth-order valence-corrected chi connectivity index (χ4v) is 3.71. The minimum absolute atomic E-state index is 0.224. The highest BCUT2D eigenvalue weighted by Crippen LogP contribution is 2.36. The van der Waals surface area contributed by atoms with Crippen LogP contribution in [0.2, 0.25) is 0 Å². The van der Waals surface area contributed by atoms with E-state index in [1.165, 1.54) is 37.4 Å². The zero-order valence-electron chi connectivity index (χ0n) is 13.3. The second kappa shape index (κ2) is 5.93. The Kier molecular flexibility index (Phi) is 4.58. The van der Waals surface area contributed by atoms with Crippen LogP contribution in [0.3, 0.4) is 0 Å². The largest absolute Gasteiger partial charge is 0.367 e. The quantitative estimate of drug-likeness (QED) is 0.928. The number of hydrogen-bond acceptors (Lipinski definition) is 4. The topological polar surface area (TPSA) is 62.3 Å². The SMILES string of the molecule is CN(C)S(=O)(=O)c1ccc(NC2CCCC(C)(C)C2)nc1. The molecule has 0 amide bonds. The van der Waals surface area contributed by atoms with Crippen LogP contribution < -0.4 is 5.32 Å². The fourth-order valence-electron chi connectivity index (χ4n) is 2.86. The molecule has 0 saturated heterocycles. The summed E-state index contributed by atoms with van der Waals surface area (Å²) in [6.45, 7) is 4.59. The molecule has 1 unspecified atom stereocenters. The van der Waals surface area contributed by atoms with Crippen molar-refractivity contribution < 1.29 is 8.42 Å². The predicted octanol–water partition coefficient (Wildman–Crippen LogP) is 2.71. The predicted molar refractivity (Wildman–Crippen MR) is 84.8 cm³/mol. The first kappa shape index (κ1) is 16.2. The third kappa shape index (κ3) is 3.95. The van der Waals surface area contributed by atoms with Crippen LogP contribution in [0.4, 0.5) is 5.82 Å². The monoisotopic (exact) mass is 311 g/mol. The van der Waals surface area contributed by atoms with E-state index in [4.69, 9.17) is 0 Å². The van der Waals surface area contributed by atoms with Gasteiger partial charge in [0.2, 0.25) is 10.0 Å². The van der Waals surface area contributed by atoms with E-state index in [-0.39, 0.29) is 4.90 Å². The maximum atomic E-state index is 12.0. The normalized spacial score (nSPS) is 22.2. The van der Waals surface area contributed by atoms with Crippen LogP contribution in [0.15, 0.2) is 23.2 Å². The molecular formula is C15H25N3O2S. The molecule has 0 spiro atoms. The molecule has 1 fully saturated rings. The smallest absolute Gasteiger partial charge is 0.244 e. The van der Waals surface area contributed by atoms with Crippen molar-refractivity contribution in [3.05, 3.63) is 18.3 Å². The molecule has 1 aromatic rings. The zero-order valence-corrected chi connectivity index (χ0v) is 14.1. The molecule has 0 aliphatic heterocycles. The molecule has 1 aromatic heterocycles. The molecule has 1 atom stereocenters. The van der Waals surface area contributed by atoms with Crippen LogP contribution in [0, 0.1) is 5.41 Å². The third-order valence-electron chi connectivity index (χ3n) is 4.07. The summed E-state index contributed by atoms with van der Waals surface area (Å²) in [6.07, 6.45) is 6.16. The molecule has 1 N–H and O–H groups in total. The van der Waals surface area contributed by atoms with Crippen LogP contribution >= 0.6 is 0 Å². The van der Waals surface area contributed by atoms with Crippen molar-refractivity contribution in [2.75, 3.05) is 19.4 Å². The molecule has 1 heterocycles. The summed E-state index contributed by atoms with van der Waals surface area (Å²) in [5.41, 5.74) is 0.365. The molecule has 118 valence electrons. The van der Waals surface area contributed by atoms with Gasteiger partial charge in [-0.25, -0.2) is 17.7 Å². The molecule has 1 aliphatic carbocycles. The first-order chi connectivity index (χ1) is 9.71. The van der Waals surface area contributed by atoms with E-state index >= 15 is 0 Å². The van der Waals surface area contributed by atoms with Crippen molar-refractivity contribution in [1.29, 1.82) is 0 Å². The van der Waals surface area contributed by atoms with Gasteiger partial charge in [0.1, 0.15) is 10.7 Å². The minimum Gasteiger partial charge on any atom is -0.367 e. The number of rotatable bonds is 4. The highest BCUT2D eigenvalue weighted by molar-refractivity contribution is 7.89. The summed E-state index contributed by atoms with van der Waals surface area (Å²) in [5, 5.41) is 3.42. The molecule has 0 bridgehead atoms. The third-order valence-corrected chi connectivity index (χ3v) is 5.87. The van der Waals surface area contributed by atoms with Crippen LogP contribution in [0.1, 0.15) is 39.5 Å². The van der Waals surface area contributed by atoms with Crippen molar-refractivity contribution in [3.8, 4) is 0 Å². The van der Waals surface area contributed by atoms with Gasteiger partial charge in [0.15, 0.2) is 0 Å². The van der Waals surface area contributed by atoms with Gasteiger partial charge < -0.3 is 5.32 Å². The molecule has 1 saturated carbocycles. The summed E-state index contributed by atoms with van der Waals surface area (Å²) in [7, 11) is -0.363. The average molecular weight is 311 g/mol. The fraction of sp³-hybridized carbons (Fsp3) is 0.667. The zero-order chi connectivity index (χ0) is 15.7. The van der Waals surface area contributed by atoms with Gasteiger partial charge in [-0.15, -0.1) is 0 Å².